The van der Waals surface area contributed by atoms with Crippen LogP contribution in [-0.2, 0) is 16.1 Å². The highest BCUT2D eigenvalue weighted by molar-refractivity contribution is 6.30. The molecule has 3 N–H and O–H groups in total. The number of carboxylic acid groups (broad SMARTS) is 1. The Kier molecular flexibility index (Phi) is 6.35. The van der Waals surface area contributed by atoms with Gasteiger partial charge < -0.3 is 15.7 Å². The third-order valence-electron chi connectivity index (χ3n) is 3.53. The zero-order valence-electron chi connectivity index (χ0n) is 14.3. The number of carbonyl (C=O) groups is 3. The quantitative estimate of drug-likeness (QED) is 0.682. The third-order valence-corrected chi connectivity index (χ3v) is 3.78. The van der Waals surface area contributed by atoms with Crippen LogP contribution >= 0.6 is 11.6 Å². The van der Waals surface area contributed by atoms with Crippen molar-refractivity contribution in [2.24, 2.45) is 5.92 Å². The largest absolute Gasteiger partial charge is 0.480 e. The van der Waals surface area contributed by atoms with Crippen molar-refractivity contribution in [3.05, 3.63) is 47.1 Å². The van der Waals surface area contributed by atoms with Gasteiger partial charge in [-0.15, -0.1) is 0 Å². The molecule has 9 heteroatoms. The van der Waals surface area contributed by atoms with Crippen molar-refractivity contribution in [3.63, 3.8) is 0 Å². The highest BCUT2D eigenvalue weighted by atomic mass is 35.5. The molecule has 138 valence electrons. The van der Waals surface area contributed by atoms with Gasteiger partial charge in [0.2, 0.25) is 5.91 Å². The summed E-state index contributed by atoms with van der Waals surface area (Å²) >= 11 is 5.81. The Labute approximate surface area is 155 Å². The number of halogens is 1. The summed E-state index contributed by atoms with van der Waals surface area (Å²) < 4.78 is 1.19. The van der Waals surface area contributed by atoms with E-state index in [9.17, 15) is 14.4 Å². The fourth-order valence-corrected chi connectivity index (χ4v) is 2.35. The van der Waals surface area contributed by atoms with Crippen LogP contribution in [-0.4, -0.2) is 38.7 Å². The molecule has 26 heavy (non-hydrogen) atoms. The minimum absolute atomic E-state index is 0.174. The first-order chi connectivity index (χ1) is 12.3. The number of nitrogens with one attached hydrogen (secondary N) is 2. The molecule has 0 aliphatic rings. The number of carbonyl (C=O) groups excluding carboxylic acids is 2. The van der Waals surface area contributed by atoms with Crippen LogP contribution in [0.25, 0.3) is 0 Å². The van der Waals surface area contributed by atoms with E-state index in [1.54, 1.807) is 38.1 Å². The smallest absolute Gasteiger partial charge is 0.325 e. The molecular weight excluding hydrogens is 360 g/mol. The number of nitrogens with zero attached hydrogens (tertiary/aromatic N) is 2. The average molecular weight is 379 g/mol. The Hall–Kier alpha value is -2.87. The Bertz CT molecular complexity index is 801. The van der Waals surface area contributed by atoms with Gasteiger partial charge in [0, 0.05) is 22.8 Å². The van der Waals surface area contributed by atoms with Crippen LogP contribution in [0.2, 0.25) is 5.02 Å². The van der Waals surface area contributed by atoms with Gasteiger partial charge in [0.25, 0.3) is 5.91 Å². The van der Waals surface area contributed by atoms with E-state index >= 15 is 0 Å². The van der Waals surface area contributed by atoms with Gasteiger partial charge in [0.15, 0.2) is 5.82 Å². The lowest BCUT2D eigenvalue weighted by Gasteiger charge is -2.21. The second-order valence-electron chi connectivity index (χ2n) is 5.98. The van der Waals surface area contributed by atoms with E-state index in [0.717, 1.165) is 0 Å². The van der Waals surface area contributed by atoms with Crippen molar-refractivity contribution in [2.75, 3.05) is 5.32 Å². The number of aliphatic carboxylic acids is 1. The average Bonchev–Trinajstić information content (AvgIpc) is 2.98. The van der Waals surface area contributed by atoms with Gasteiger partial charge in [-0.2, -0.15) is 5.10 Å². The van der Waals surface area contributed by atoms with Gasteiger partial charge >= 0.3 is 5.97 Å². The Morgan fingerprint density at radius 1 is 1.19 bits per heavy atom. The molecule has 8 nitrogen and oxygen atoms in total. The molecular formula is C17H19ClN4O4. The molecule has 0 saturated heterocycles. The number of hydrogen-bond acceptors (Lipinski definition) is 4. The van der Waals surface area contributed by atoms with E-state index in [2.05, 4.69) is 15.7 Å². The molecule has 1 aromatic heterocycles. The molecule has 0 spiro atoms. The molecule has 0 bridgehead atoms. The molecule has 2 amide bonds. The van der Waals surface area contributed by atoms with E-state index in [1.165, 1.54) is 16.9 Å². The molecule has 0 aliphatic heterocycles. The van der Waals surface area contributed by atoms with Crippen LogP contribution in [0.1, 0.15) is 24.2 Å². The van der Waals surface area contributed by atoms with E-state index in [0.29, 0.717) is 10.6 Å². The molecule has 2 rings (SSSR count). The second-order valence-corrected chi connectivity index (χ2v) is 6.42. The minimum atomic E-state index is -1.04. The van der Waals surface area contributed by atoms with Crippen molar-refractivity contribution in [3.8, 4) is 0 Å². The first kappa shape index (κ1) is 19.5. The SMILES string of the molecule is CC(C)C(NC(=O)c1ccc(Cl)cc1)C(=O)Nc1ccn(CC(=O)O)n1. The zero-order chi connectivity index (χ0) is 19.3. The summed E-state index contributed by atoms with van der Waals surface area (Å²) in [5.41, 5.74) is 0.388. The Morgan fingerprint density at radius 3 is 2.42 bits per heavy atom. The van der Waals surface area contributed by atoms with Gasteiger partial charge in [-0.25, -0.2) is 0 Å². The topological polar surface area (TPSA) is 113 Å². The maximum atomic E-state index is 12.5. The highest BCUT2D eigenvalue weighted by Gasteiger charge is 2.25. The monoisotopic (exact) mass is 378 g/mol. The van der Waals surface area contributed by atoms with Crippen LogP contribution in [0.3, 0.4) is 0 Å². The van der Waals surface area contributed by atoms with Gasteiger partial charge in [-0.1, -0.05) is 25.4 Å². The third kappa shape index (κ3) is 5.32. The summed E-state index contributed by atoms with van der Waals surface area (Å²) in [6.45, 7) is 3.29. The van der Waals surface area contributed by atoms with Crippen molar-refractivity contribution in [2.45, 2.75) is 26.4 Å². The van der Waals surface area contributed by atoms with Gasteiger partial charge in [-0.05, 0) is 30.2 Å². The van der Waals surface area contributed by atoms with Crippen molar-refractivity contribution in [1.29, 1.82) is 0 Å². The number of carboxylic acids is 1. The van der Waals surface area contributed by atoms with E-state index in [1.807, 2.05) is 0 Å². The van der Waals surface area contributed by atoms with E-state index < -0.39 is 23.8 Å². The maximum absolute atomic E-state index is 12.5. The Balaban J connectivity index is 2.04. The first-order valence-corrected chi connectivity index (χ1v) is 8.26. The predicted octanol–water partition coefficient (Wildman–Crippen LogP) is 2.01. The number of benzene rings is 1. The van der Waals surface area contributed by atoms with Crippen LogP contribution in [0.15, 0.2) is 36.5 Å². The summed E-state index contributed by atoms with van der Waals surface area (Å²) in [4.78, 5) is 35.5. The molecule has 0 radical (unpaired) electrons. The molecule has 1 atom stereocenters. The minimum Gasteiger partial charge on any atom is -0.480 e. The molecule has 1 heterocycles. The van der Waals surface area contributed by atoms with Crippen molar-refractivity contribution < 1.29 is 19.5 Å². The van der Waals surface area contributed by atoms with Gasteiger partial charge in [0.05, 0.1) is 0 Å². The van der Waals surface area contributed by atoms with E-state index in [-0.39, 0.29) is 18.3 Å². The highest BCUT2D eigenvalue weighted by Crippen LogP contribution is 2.12. The summed E-state index contributed by atoms with van der Waals surface area (Å²) in [6, 6.07) is 7.02. The summed E-state index contributed by atoms with van der Waals surface area (Å²) in [6.07, 6.45) is 1.44. The standard InChI is InChI=1S/C17H19ClN4O4/c1-10(2)15(20-16(25)11-3-5-12(18)6-4-11)17(26)19-13-7-8-22(21-13)9-14(23)24/h3-8,10,15H,9H2,1-2H3,(H,20,25)(H,23,24)(H,19,21,26). The Morgan fingerprint density at radius 2 is 1.85 bits per heavy atom. The summed E-state index contributed by atoms with van der Waals surface area (Å²) in [5.74, 6) is -1.84. The lowest BCUT2D eigenvalue weighted by molar-refractivity contribution is -0.137. The van der Waals surface area contributed by atoms with Gasteiger partial charge in [-0.3, -0.25) is 19.1 Å². The van der Waals surface area contributed by atoms with Crippen molar-refractivity contribution >= 4 is 35.2 Å². The molecule has 1 unspecified atom stereocenters. The number of hydrogen-bond donors (Lipinski definition) is 3. The van der Waals surface area contributed by atoms with Crippen LogP contribution in [0, 0.1) is 5.92 Å². The molecule has 0 aliphatic carbocycles. The summed E-state index contributed by atoms with van der Waals surface area (Å²) in [7, 11) is 0. The van der Waals surface area contributed by atoms with E-state index in [4.69, 9.17) is 16.7 Å². The predicted molar refractivity (Wildman–Crippen MR) is 96.0 cm³/mol. The first-order valence-electron chi connectivity index (χ1n) is 7.89. The van der Waals surface area contributed by atoms with Crippen LogP contribution in [0.5, 0.6) is 0 Å². The van der Waals surface area contributed by atoms with Crippen molar-refractivity contribution in [1.82, 2.24) is 15.1 Å². The number of rotatable bonds is 7. The zero-order valence-corrected chi connectivity index (χ0v) is 15.0. The molecule has 0 fully saturated rings. The number of aromatic nitrogens is 2. The lowest BCUT2D eigenvalue weighted by atomic mass is 10.0. The number of amides is 2. The normalized spacial score (nSPS) is 11.8. The fraction of sp³-hybridized carbons (Fsp3) is 0.294. The molecule has 0 saturated carbocycles. The van der Waals surface area contributed by atoms with Gasteiger partial charge in [0.1, 0.15) is 12.6 Å². The maximum Gasteiger partial charge on any atom is 0.325 e. The second kappa shape index (κ2) is 8.48. The molecule has 1 aromatic carbocycles. The number of anilines is 1. The van der Waals surface area contributed by atoms with Crippen LogP contribution < -0.4 is 10.6 Å². The lowest BCUT2D eigenvalue weighted by Crippen LogP contribution is -2.47. The van der Waals surface area contributed by atoms with Crippen LogP contribution in [0.4, 0.5) is 5.82 Å². The molecule has 2 aromatic rings. The summed E-state index contributed by atoms with van der Waals surface area (Å²) in [5, 5.41) is 18.5. The fourth-order valence-electron chi connectivity index (χ4n) is 2.22.